The zero-order valence-corrected chi connectivity index (χ0v) is 18.8. The van der Waals surface area contributed by atoms with Crippen molar-refractivity contribution in [2.45, 2.75) is 45.7 Å². The summed E-state index contributed by atoms with van der Waals surface area (Å²) in [5, 5.41) is 13.8. The maximum atomic E-state index is 13.4. The molecule has 2 aromatic heterocycles. The Morgan fingerprint density at radius 1 is 1.38 bits per heavy atom. The van der Waals surface area contributed by atoms with Crippen LogP contribution in [0.2, 0.25) is 0 Å². The molecule has 0 unspecified atom stereocenters. The summed E-state index contributed by atoms with van der Waals surface area (Å²) in [6, 6.07) is 3.51. The van der Waals surface area contributed by atoms with Gasteiger partial charge < -0.3 is 29.7 Å². The van der Waals surface area contributed by atoms with Crippen molar-refractivity contribution in [3.63, 3.8) is 0 Å². The van der Waals surface area contributed by atoms with E-state index >= 15 is 0 Å². The van der Waals surface area contributed by atoms with Gasteiger partial charge in [0.1, 0.15) is 0 Å². The van der Waals surface area contributed by atoms with Crippen molar-refractivity contribution < 1.29 is 24.0 Å². The lowest BCUT2D eigenvalue weighted by Gasteiger charge is -2.53. The zero-order chi connectivity index (χ0) is 23.3. The van der Waals surface area contributed by atoms with Gasteiger partial charge in [-0.1, -0.05) is 5.16 Å². The van der Waals surface area contributed by atoms with E-state index < -0.39 is 5.41 Å². The fourth-order valence-electron chi connectivity index (χ4n) is 4.83. The van der Waals surface area contributed by atoms with Gasteiger partial charge in [-0.05, 0) is 52.8 Å². The number of nitrogens with one attached hydrogen (secondary N) is 2. The van der Waals surface area contributed by atoms with E-state index in [-0.39, 0.29) is 24.3 Å². The first kappa shape index (κ1) is 23.5. The molecule has 2 fully saturated rings. The topological polar surface area (TPSA) is 132 Å². The van der Waals surface area contributed by atoms with Crippen LogP contribution in [0.4, 0.5) is 0 Å². The molecule has 0 spiro atoms. The number of aromatic nitrogens is 2. The Morgan fingerprint density at radius 2 is 2.12 bits per heavy atom. The van der Waals surface area contributed by atoms with Gasteiger partial charge in [-0.15, -0.1) is 0 Å². The molecule has 0 bridgehead atoms. The molecule has 0 aromatic carbocycles. The number of likely N-dealkylation sites (tertiary alicyclic amines) is 2. The summed E-state index contributed by atoms with van der Waals surface area (Å²) in [6.45, 7) is 6.05. The molecular weight excluding hydrogens is 414 g/mol. The van der Waals surface area contributed by atoms with Crippen LogP contribution in [0, 0.1) is 19.3 Å². The van der Waals surface area contributed by atoms with Gasteiger partial charge in [0.25, 0.3) is 12.4 Å². The van der Waals surface area contributed by atoms with E-state index in [0.717, 1.165) is 37.2 Å². The molecule has 2 amide bonds. The third kappa shape index (κ3) is 4.69. The van der Waals surface area contributed by atoms with Gasteiger partial charge in [0.05, 0.1) is 29.3 Å². The minimum Gasteiger partial charge on any atom is -0.483 e. The Balaban J connectivity index is 0.000000913. The summed E-state index contributed by atoms with van der Waals surface area (Å²) in [7, 11) is 2.05. The van der Waals surface area contributed by atoms with Crippen LogP contribution in [0.15, 0.2) is 22.9 Å². The number of amides is 2. The van der Waals surface area contributed by atoms with Crippen molar-refractivity contribution >= 4 is 18.3 Å². The Hall–Kier alpha value is -3.14. The van der Waals surface area contributed by atoms with Gasteiger partial charge >= 0.3 is 0 Å². The number of aryl methyl sites for hydroxylation is 2. The molecule has 4 rings (SSSR count). The van der Waals surface area contributed by atoms with E-state index in [1.807, 2.05) is 30.9 Å². The smallest absolute Gasteiger partial charge is 0.290 e. The van der Waals surface area contributed by atoms with E-state index in [1.54, 1.807) is 6.20 Å². The second kappa shape index (κ2) is 9.99. The number of carbonyl (C=O) groups is 3. The molecule has 2 aliphatic heterocycles. The molecule has 2 atom stereocenters. The number of nitrogens with zero attached hydrogens (tertiary/aromatic N) is 3. The van der Waals surface area contributed by atoms with Crippen LogP contribution in [-0.2, 0) is 16.1 Å². The maximum absolute atomic E-state index is 13.4. The number of fused-ring (bicyclic) bond motifs is 1. The molecule has 32 heavy (non-hydrogen) atoms. The SMILES string of the molecule is Cc1cc(CNC(=O)[C@@]23CCCN(C(=O)c4cc[nH]c4C)[C@H]2CN(C)CC3)on1.O=CO. The minimum absolute atomic E-state index is 0.00628. The molecule has 174 valence electrons. The number of likely N-dealkylation sites (N-methyl/N-ethyl adjacent to an activating group) is 1. The monoisotopic (exact) mass is 445 g/mol. The standard InChI is InChI=1S/C21H29N5O3.CH2O2/c1-14-11-16(29-24-14)12-23-20(28)21-6-4-9-26(18(21)13-25(3)10-7-21)19(27)17-5-8-22-15(17)2;2-1-3/h5,8,11,18,22H,4,6-7,9-10,12-13H2,1-3H3,(H,23,28);1H,(H,2,3)/t18-,21+;/m0./s1. The van der Waals surface area contributed by atoms with E-state index in [2.05, 4.69) is 27.4 Å². The van der Waals surface area contributed by atoms with Crippen LogP contribution in [-0.4, -0.2) is 76.1 Å². The number of H-pyrrole nitrogens is 1. The lowest BCUT2D eigenvalue weighted by atomic mass is 9.67. The molecule has 0 radical (unpaired) electrons. The van der Waals surface area contributed by atoms with Crippen LogP contribution >= 0.6 is 0 Å². The van der Waals surface area contributed by atoms with Gasteiger partial charge in [-0.3, -0.25) is 14.4 Å². The van der Waals surface area contributed by atoms with Crippen molar-refractivity contribution in [1.82, 2.24) is 25.3 Å². The van der Waals surface area contributed by atoms with Gasteiger partial charge in [0, 0.05) is 31.0 Å². The Kier molecular flexibility index (Phi) is 7.34. The van der Waals surface area contributed by atoms with E-state index in [9.17, 15) is 9.59 Å². The van der Waals surface area contributed by atoms with Crippen LogP contribution in [0.1, 0.15) is 46.8 Å². The van der Waals surface area contributed by atoms with Crippen molar-refractivity contribution in [3.05, 3.63) is 41.0 Å². The summed E-state index contributed by atoms with van der Waals surface area (Å²) in [6.07, 6.45) is 4.15. The summed E-state index contributed by atoms with van der Waals surface area (Å²) in [5.41, 5.74) is 1.77. The number of carboxylic acid groups (broad SMARTS) is 1. The predicted octanol–water partition coefficient (Wildman–Crippen LogP) is 1.56. The van der Waals surface area contributed by atoms with E-state index in [1.165, 1.54) is 0 Å². The number of carbonyl (C=O) groups excluding carboxylic acids is 2. The van der Waals surface area contributed by atoms with E-state index in [4.69, 9.17) is 14.4 Å². The summed E-state index contributed by atoms with van der Waals surface area (Å²) in [5.74, 6) is 0.656. The van der Waals surface area contributed by atoms with Crippen molar-refractivity contribution in [3.8, 4) is 0 Å². The number of hydrogen-bond donors (Lipinski definition) is 3. The highest BCUT2D eigenvalue weighted by molar-refractivity contribution is 5.96. The molecular formula is C22H31N5O5. The Bertz CT molecular complexity index is 954. The molecule has 2 aliphatic rings. The predicted molar refractivity (Wildman–Crippen MR) is 116 cm³/mol. The Morgan fingerprint density at radius 3 is 2.75 bits per heavy atom. The zero-order valence-electron chi connectivity index (χ0n) is 18.8. The van der Waals surface area contributed by atoms with Crippen LogP contribution in [0.3, 0.4) is 0 Å². The quantitative estimate of drug-likeness (QED) is 0.609. The highest BCUT2D eigenvalue weighted by Crippen LogP contribution is 2.43. The molecule has 4 heterocycles. The van der Waals surface area contributed by atoms with Crippen molar-refractivity contribution in [2.24, 2.45) is 5.41 Å². The minimum atomic E-state index is -0.570. The van der Waals surface area contributed by atoms with Gasteiger partial charge in [0.15, 0.2) is 5.76 Å². The molecule has 0 aliphatic carbocycles. The average molecular weight is 446 g/mol. The maximum Gasteiger partial charge on any atom is 0.290 e. The second-order valence-electron chi connectivity index (χ2n) is 8.53. The first-order chi connectivity index (χ1) is 15.3. The lowest BCUT2D eigenvalue weighted by molar-refractivity contribution is -0.142. The Labute approximate surface area is 186 Å². The summed E-state index contributed by atoms with van der Waals surface area (Å²) < 4.78 is 5.23. The normalized spacial score (nSPS) is 23.0. The molecule has 10 nitrogen and oxygen atoms in total. The number of rotatable bonds is 4. The van der Waals surface area contributed by atoms with Crippen LogP contribution in [0.5, 0.6) is 0 Å². The van der Waals surface area contributed by atoms with E-state index in [0.29, 0.717) is 31.0 Å². The molecule has 3 N–H and O–H groups in total. The number of aromatic amines is 1. The summed E-state index contributed by atoms with van der Waals surface area (Å²) in [4.78, 5) is 42.3. The third-order valence-corrected chi connectivity index (χ3v) is 6.46. The van der Waals surface area contributed by atoms with Gasteiger partial charge in [0.2, 0.25) is 5.91 Å². The van der Waals surface area contributed by atoms with Crippen molar-refractivity contribution in [1.29, 1.82) is 0 Å². The molecule has 10 heteroatoms. The van der Waals surface area contributed by atoms with Crippen molar-refractivity contribution in [2.75, 3.05) is 26.7 Å². The fourth-order valence-corrected chi connectivity index (χ4v) is 4.83. The highest BCUT2D eigenvalue weighted by Gasteiger charge is 2.53. The van der Waals surface area contributed by atoms with Gasteiger partial charge in [-0.25, -0.2) is 0 Å². The second-order valence-corrected chi connectivity index (χ2v) is 8.53. The number of hydrogen-bond acceptors (Lipinski definition) is 6. The number of piperidine rings is 2. The molecule has 2 aromatic rings. The fraction of sp³-hybridized carbons (Fsp3) is 0.545. The average Bonchev–Trinajstić information content (AvgIpc) is 3.39. The van der Waals surface area contributed by atoms with Gasteiger partial charge in [-0.2, -0.15) is 0 Å². The first-order valence-electron chi connectivity index (χ1n) is 10.7. The van der Waals surface area contributed by atoms with Crippen LogP contribution < -0.4 is 5.32 Å². The molecule has 0 saturated carbocycles. The molecule has 2 saturated heterocycles. The highest BCUT2D eigenvalue weighted by atomic mass is 16.5. The summed E-state index contributed by atoms with van der Waals surface area (Å²) >= 11 is 0. The lowest BCUT2D eigenvalue weighted by Crippen LogP contribution is -2.66. The largest absolute Gasteiger partial charge is 0.483 e. The van der Waals surface area contributed by atoms with Crippen LogP contribution in [0.25, 0.3) is 0 Å². The first-order valence-corrected chi connectivity index (χ1v) is 10.7. The third-order valence-electron chi connectivity index (χ3n) is 6.46.